The Morgan fingerprint density at radius 2 is 1.60 bits per heavy atom. The molecule has 0 spiro atoms. The van der Waals surface area contributed by atoms with Gasteiger partial charge in [-0.15, -0.1) is 0 Å². The second kappa shape index (κ2) is 11.1. The fraction of sp³-hybridized carbons (Fsp3) is 0.179. The summed E-state index contributed by atoms with van der Waals surface area (Å²) >= 11 is 1.25. The lowest BCUT2D eigenvalue weighted by atomic mass is 10.2. The lowest BCUT2D eigenvalue weighted by Gasteiger charge is -2.16. The third-order valence-corrected chi connectivity index (χ3v) is 6.51. The quantitative estimate of drug-likeness (QED) is 0.229. The smallest absolute Gasteiger partial charge is 0.338 e. The normalized spacial score (nSPS) is 13.4. The first-order valence-electron chi connectivity index (χ1n) is 11.4. The Labute approximate surface area is 209 Å². The molecule has 1 N–H and O–H groups in total. The van der Waals surface area contributed by atoms with Crippen molar-refractivity contribution in [3.63, 3.8) is 0 Å². The number of carbonyl (C=O) groups excluding carboxylic acids is 3. The first kappa shape index (κ1) is 24.3. The van der Waals surface area contributed by atoms with Crippen LogP contribution in [0.1, 0.15) is 35.7 Å². The summed E-state index contributed by atoms with van der Waals surface area (Å²) in [5.74, 6) is -1.30. The van der Waals surface area contributed by atoms with Gasteiger partial charge in [0.2, 0.25) is 0 Å². The van der Waals surface area contributed by atoms with E-state index in [2.05, 4.69) is 5.32 Å². The maximum Gasteiger partial charge on any atom is 0.338 e. The van der Waals surface area contributed by atoms with Crippen molar-refractivity contribution in [2.45, 2.75) is 31.6 Å². The number of carbonyl (C=O) groups is 3. The Morgan fingerprint density at radius 1 is 0.914 bits per heavy atom. The SMILES string of the molecule is CCCCOC(=O)c1ccc(N2C(=O)C(Nc3ccccc3)=C(Sc3ccc(C)cc3)C2=O)cc1. The van der Waals surface area contributed by atoms with Gasteiger partial charge in [-0.25, -0.2) is 9.69 Å². The molecule has 0 atom stereocenters. The van der Waals surface area contributed by atoms with Crippen molar-refractivity contribution >= 4 is 40.9 Å². The Bertz CT molecular complexity index is 1250. The van der Waals surface area contributed by atoms with Crippen LogP contribution in [0.5, 0.6) is 0 Å². The zero-order valence-corrected chi connectivity index (χ0v) is 20.4. The third kappa shape index (κ3) is 5.63. The minimum Gasteiger partial charge on any atom is -0.462 e. The number of thioether (sulfide) groups is 1. The van der Waals surface area contributed by atoms with E-state index >= 15 is 0 Å². The van der Waals surface area contributed by atoms with E-state index in [9.17, 15) is 14.4 Å². The number of para-hydroxylation sites is 1. The highest BCUT2D eigenvalue weighted by Gasteiger charge is 2.40. The van der Waals surface area contributed by atoms with Gasteiger partial charge in [-0.2, -0.15) is 0 Å². The van der Waals surface area contributed by atoms with Gasteiger partial charge in [0.15, 0.2) is 0 Å². The molecule has 2 amide bonds. The largest absolute Gasteiger partial charge is 0.462 e. The summed E-state index contributed by atoms with van der Waals surface area (Å²) in [7, 11) is 0. The molecule has 0 saturated carbocycles. The molecule has 4 rings (SSSR count). The first-order valence-corrected chi connectivity index (χ1v) is 12.3. The van der Waals surface area contributed by atoms with Crippen LogP contribution in [-0.4, -0.2) is 24.4 Å². The topological polar surface area (TPSA) is 75.7 Å². The number of rotatable bonds is 9. The van der Waals surface area contributed by atoms with Crippen molar-refractivity contribution < 1.29 is 19.1 Å². The number of aryl methyl sites for hydroxylation is 1. The molecule has 1 heterocycles. The molecule has 0 radical (unpaired) electrons. The average Bonchev–Trinajstić information content (AvgIpc) is 3.10. The van der Waals surface area contributed by atoms with Crippen molar-refractivity contribution in [1.82, 2.24) is 0 Å². The highest BCUT2D eigenvalue weighted by molar-refractivity contribution is 8.04. The summed E-state index contributed by atoms with van der Waals surface area (Å²) in [6, 6.07) is 23.3. The van der Waals surface area contributed by atoms with Crippen molar-refractivity contribution in [2.75, 3.05) is 16.8 Å². The maximum absolute atomic E-state index is 13.5. The zero-order chi connectivity index (χ0) is 24.8. The lowest BCUT2D eigenvalue weighted by Crippen LogP contribution is -2.32. The van der Waals surface area contributed by atoms with E-state index in [0.29, 0.717) is 28.5 Å². The van der Waals surface area contributed by atoms with Gasteiger partial charge in [-0.05, 0) is 61.9 Å². The minimum atomic E-state index is -0.452. The van der Waals surface area contributed by atoms with Crippen molar-refractivity contribution in [1.29, 1.82) is 0 Å². The van der Waals surface area contributed by atoms with Crippen molar-refractivity contribution in [2.24, 2.45) is 0 Å². The number of hydrogen-bond acceptors (Lipinski definition) is 6. The number of ether oxygens (including phenoxy) is 1. The van der Waals surface area contributed by atoms with Gasteiger partial charge in [0.25, 0.3) is 11.8 Å². The number of hydrogen-bond donors (Lipinski definition) is 1. The molecule has 178 valence electrons. The highest BCUT2D eigenvalue weighted by atomic mass is 32.2. The monoisotopic (exact) mass is 486 g/mol. The summed E-state index contributed by atoms with van der Waals surface area (Å²) in [5.41, 5.74) is 2.79. The maximum atomic E-state index is 13.5. The Morgan fingerprint density at radius 3 is 2.26 bits per heavy atom. The van der Waals surface area contributed by atoms with Crippen LogP contribution in [0.4, 0.5) is 11.4 Å². The van der Waals surface area contributed by atoms with Crippen LogP contribution < -0.4 is 10.2 Å². The molecule has 3 aromatic carbocycles. The number of esters is 1. The van der Waals surface area contributed by atoms with Gasteiger partial charge in [0, 0.05) is 10.6 Å². The number of anilines is 2. The molecule has 7 heteroatoms. The van der Waals surface area contributed by atoms with Crippen LogP contribution in [0.2, 0.25) is 0 Å². The summed E-state index contributed by atoms with van der Waals surface area (Å²) in [6.45, 7) is 4.37. The second-order valence-electron chi connectivity index (χ2n) is 8.09. The van der Waals surface area contributed by atoms with Crippen LogP contribution in [0.25, 0.3) is 0 Å². The van der Waals surface area contributed by atoms with E-state index in [1.54, 1.807) is 24.3 Å². The molecule has 1 aliphatic heterocycles. The van der Waals surface area contributed by atoms with E-state index in [1.807, 2.05) is 68.4 Å². The molecule has 0 saturated heterocycles. The molecule has 0 unspecified atom stereocenters. The molecular formula is C28H26N2O4S. The molecule has 0 aromatic heterocycles. The summed E-state index contributed by atoms with van der Waals surface area (Å²) < 4.78 is 5.24. The molecule has 6 nitrogen and oxygen atoms in total. The number of nitrogens with one attached hydrogen (secondary N) is 1. The Hall–Kier alpha value is -3.84. The summed E-state index contributed by atoms with van der Waals surface area (Å²) in [5, 5.41) is 3.13. The summed E-state index contributed by atoms with van der Waals surface area (Å²) in [6.07, 6.45) is 1.73. The van der Waals surface area contributed by atoms with E-state index in [4.69, 9.17) is 4.74 Å². The fourth-order valence-corrected chi connectivity index (χ4v) is 4.41. The number of benzene rings is 3. The molecule has 3 aromatic rings. The van der Waals surface area contributed by atoms with E-state index in [0.717, 1.165) is 28.2 Å². The van der Waals surface area contributed by atoms with Crippen molar-refractivity contribution in [3.05, 3.63) is 101 Å². The Balaban J connectivity index is 1.61. The van der Waals surface area contributed by atoms with Crippen LogP contribution in [0, 0.1) is 6.92 Å². The van der Waals surface area contributed by atoms with Gasteiger partial charge in [-0.3, -0.25) is 9.59 Å². The minimum absolute atomic E-state index is 0.217. The van der Waals surface area contributed by atoms with Gasteiger partial charge in [-0.1, -0.05) is 61.0 Å². The third-order valence-electron chi connectivity index (χ3n) is 5.42. The van der Waals surface area contributed by atoms with Gasteiger partial charge < -0.3 is 10.1 Å². The predicted molar refractivity (Wildman–Crippen MR) is 138 cm³/mol. The van der Waals surface area contributed by atoms with E-state index < -0.39 is 17.8 Å². The van der Waals surface area contributed by atoms with Crippen LogP contribution >= 0.6 is 11.8 Å². The number of nitrogens with zero attached hydrogens (tertiary/aromatic N) is 1. The molecule has 0 bridgehead atoms. The Kier molecular flexibility index (Phi) is 7.67. The molecule has 0 aliphatic carbocycles. The van der Waals surface area contributed by atoms with Crippen LogP contribution in [-0.2, 0) is 14.3 Å². The molecule has 1 aliphatic rings. The predicted octanol–water partition coefficient (Wildman–Crippen LogP) is 5.94. The highest BCUT2D eigenvalue weighted by Crippen LogP contribution is 2.38. The fourth-order valence-electron chi connectivity index (χ4n) is 3.48. The molecule has 35 heavy (non-hydrogen) atoms. The van der Waals surface area contributed by atoms with Gasteiger partial charge >= 0.3 is 5.97 Å². The number of unbranched alkanes of at least 4 members (excludes halogenated alkanes) is 1. The number of imide groups is 1. The van der Waals surface area contributed by atoms with Gasteiger partial charge in [0.05, 0.1) is 17.9 Å². The van der Waals surface area contributed by atoms with E-state index in [-0.39, 0.29) is 5.70 Å². The average molecular weight is 487 g/mol. The first-order chi connectivity index (χ1) is 17.0. The van der Waals surface area contributed by atoms with Crippen LogP contribution in [0.3, 0.4) is 0 Å². The van der Waals surface area contributed by atoms with Crippen LogP contribution in [0.15, 0.2) is 94.4 Å². The standard InChI is InChI=1S/C28H26N2O4S/c1-3-4-18-34-28(33)20-12-14-22(15-13-20)30-26(31)24(29-21-8-6-5-7-9-21)25(27(30)32)35-23-16-10-19(2)11-17-23/h5-17,29H,3-4,18H2,1-2H3. The lowest BCUT2D eigenvalue weighted by molar-refractivity contribution is -0.120. The molecule has 0 fully saturated rings. The zero-order valence-electron chi connectivity index (χ0n) is 19.6. The van der Waals surface area contributed by atoms with Crippen molar-refractivity contribution in [3.8, 4) is 0 Å². The summed E-state index contributed by atoms with van der Waals surface area (Å²) in [4.78, 5) is 41.4. The van der Waals surface area contributed by atoms with E-state index in [1.165, 1.54) is 11.8 Å². The van der Waals surface area contributed by atoms with Gasteiger partial charge in [0.1, 0.15) is 10.6 Å². The molecular weight excluding hydrogens is 460 g/mol. The second-order valence-corrected chi connectivity index (χ2v) is 9.18. The number of amides is 2.